The van der Waals surface area contributed by atoms with Gasteiger partial charge in [0.2, 0.25) is 0 Å². The van der Waals surface area contributed by atoms with Gasteiger partial charge in [0.1, 0.15) is 0 Å². The molecule has 104 valence electrons. The van der Waals surface area contributed by atoms with Gasteiger partial charge in [-0.05, 0) is 37.8 Å². The molecule has 5 heteroatoms. The predicted molar refractivity (Wildman–Crippen MR) is 74.3 cm³/mol. The van der Waals surface area contributed by atoms with Crippen molar-refractivity contribution in [3.05, 3.63) is 22.7 Å². The number of ether oxygens (including phenoxy) is 2. The Balaban J connectivity index is 2.31. The predicted octanol–water partition coefficient (Wildman–Crippen LogP) is 2.81. The van der Waals surface area contributed by atoms with Crippen LogP contribution in [-0.2, 0) is 0 Å². The summed E-state index contributed by atoms with van der Waals surface area (Å²) in [5, 5.41) is 0.370. The quantitative estimate of drug-likeness (QED) is 0.844. The monoisotopic (exact) mass is 283 g/mol. The molecule has 0 amide bonds. The van der Waals surface area contributed by atoms with Crippen molar-refractivity contribution < 1.29 is 14.3 Å². The topological polar surface area (TPSA) is 61.5 Å². The van der Waals surface area contributed by atoms with Crippen LogP contribution in [-0.4, -0.2) is 25.5 Å². The first-order chi connectivity index (χ1) is 9.15. The first-order valence-electron chi connectivity index (χ1n) is 6.43. The molecule has 0 bridgehead atoms. The van der Waals surface area contributed by atoms with Crippen LogP contribution in [0.15, 0.2) is 12.1 Å². The maximum absolute atomic E-state index is 11.7. The molecule has 0 atom stereocenters. The Hall–Kier alpha value is -1.26. The Morgan fingerprint density at radius 1 is 1.42 bits per heavy atom. The van der Waals surface area contributed by atoms with Crippen LogP contribution in [0.2, 0.25) is 5.02 Å². The van der Waals surface area contributed by atoms with Crippen LogP contribution in [0, 0.1) is 0 Å². The summed E-state index contributed by atoms with van der Waals surface area (Å²) in [6, 6.07) is 3.23. The van der Waals surface area contributed by atoms with E-state index in [4.69, 9.17) is 26.8 Å². The van der Waals surface area contributed by atoms with Crippen LogP contribution >= 0.6 is 11.6 Å². The van der Waals surface area contributed by atoms with Gasteiger partial charge in [0.15, 0.2) is 17.3 Å². The number of hydrogen-bond acceptors (Lipinski definition) is 4. The maximum atomic E-state index is 11.7. The molecule has 0 aliphatic heterocycles. The fourth-order valence-corrected chi connectivity index (χ4v) is 2.61. The van der Waals surface area contributed by atoms with Gasteiger partial charge in [0.25, 0.3) is 0 Å². The van der Waals surface area contributed by atoms with Crippen molar-refractivity contribution in [1.29, 1.82) is 0 Å². The molecule has 0 heterocycles. The van der Waals surface area contributed by atoms with Crippen molar-refractivity contribution in [1.82, 2.24) is 0 Å². The van der Waals surface area contributed by atoms with Gasteiger partial charge in [-0.3, -0.25) is 4.79 Å². The van der Waals surface area contributed by atoms with Gasteiger partial charge in [-0.1, -0.05) is 11.6 Å². The van der Waals surface area contributed by atoms with Gasteiger partial charge in [0, 0.05) is 5.56 Å². The second-order valence-corrected chi connectivity index (χ2v) is 5.05. The number of rotatable bonds is 5. The summed E-state index contributed by atoms with van der Waals surface area (Å²) in [6.45, 7) is -0.0501. The highest BCUT2D eigenvalue weighted by Gasteiger charge is 2.21. The SMILES string of the molecule is COc1c(Cl)cc(C(=O)CN)cc1OC1CCCC1. The van der Waals surface area contributed by atoms with Crippen molar-refractivity contribution >= 4 is 17.4 Å². The minimum absolute atomic E-state index is 0.0501. The molecule has 1 aromatic rings. The fourth-order valence-electron chi connectivity index (χ4n) is 2.32. The lowest BCUT2D eigenvalue weighted by atomic mass is 10.1. The minimum Gasteiger partial charge on any atom is -0.491 e. The van der Waals surface area contributed by atoms with Crippen molar-refractivity contribution in [3.63, 3.8) is 0 Å². The summed E-state index contributed by atoms with van der Waals surface area (Å²) in [6.07, 6.45) is 4.56. The number of carbonyl (C=O) groups excluding carboxylic acids is 1. The van der Waals surface area contributed by atoms with E-state index in [2.05, 4.69) is 0 Å². The van der Waals surface area contributed by atoms with Gasteiger partial charge in [0.05, 0.1) is 24.8 Å². The highest BCUT2D eigenvalue weighted by atomic mass is 35.5. The zero-order valence-corrected chi connectivity index (χ0v) is 11.7. The van der Waals surface area contributed by atoms with Crippen molar-refractivity contribution in [3.8, 4) is 11.5 Å². The molecule has 2 rings (SSSR count). The molecular formula is C14H18ClNO3. The molecule has 2 N–H and O–H groups in total. The van der Waals surface area contributed by atoms with E-state index in [-0.39, 0.29) is 18.4 Å². The van der Waals surface area contributed by atoms with E-state index in [1.807, 2.05) is 0 Å². The molecule has 0 saturated heterocycles. The number of nitrogens with two attached hydrogens (primary N) is 1. The van der Waals surface area contributed by atoms with E-state index in [0.717, 1.165) is 12.8 Å². The molecular weight excluding hydrogens is 266 g/mol. The molecule has 0 unspecified atom stereocenters. The molecule has 0 spiro atoms. The van der Waals surface area contributed by atoms with E-state index in [1.165, 1.54) is 20.0 Å². The van der Waals surface area contributed by atoms with Gasteiger partial charge < -0.3 is 15.2 Å². The number of ketones is 1. The summed E-state index contributed by atoms with van der Waals surface area (Å²) in [7, 11) is 1.53. The first-order valence-corrected chi connectivity index (χ1v) is 6.81. The number of methoxy groups -OCH3 is 1. The Kier molecular flexibility index (Phi) is 4.66. The largest absolute Gasteiger partial charge is 0.491 e. The van der Waals surface area contributed by atoms with Gasteiger partial charge in [-0.2, -0.15) is 0 Å². The molecule has 1 aromatic carbocycles. The van der Waals surface area contributed by atoms with Gasteiger partial charge in [-0.25, -0.2) is 0 Å². The summed E-state index contributed by atoms with van der Waals surface area (Å²) in [4.78, 5) is 11.7. The number of Topliss-reactive ketones (excluding diaryl/α,β-unsaturated/α-hetero) is 1. The number of hydrogen-bond donors (Lipinski definition) is 1. The molecule has 1 aliphatic carbocycles. The van der Waals surface area contributed by atoms with Crippen molar-refractivity contribution in [2.45, 2.75) is 31.8 Å². The standard InChI is InChI=1S/C14H18ClNO3/c1-18-14-11(15)6-9(12(17)8-16)7-13(14)19-10-4-2-3-5-10/h6-7,10H,2-5,8,16H2,1H3. The van der Waals surface area contributed by atoms with E-state index >= 15 is 0 Å². The minimum atomic E-state index is -0.166. The van der Waals surface area contributed by atoms with Crippen molar-refractivity contribution in [2.24, 2.45) is 5.73 Å². The lowest BCUT2D eigenvalue weighted by molar-refractivity contribution is 0.100. The van der Waals surface area contributed by atoms with Crippen LogP contribution in [0.1, 0.15) is 36.0 Å². The van der Waals surface area contributed by atoms with E-state index in [1.54, 1.807) is 12.1 Å². The average molecular weight is 284 g/mol. The van der Waals surface area contributed by atoms with Gasteiger partial charge >= 0.3 is 0 Å². The fraction of sp³-hybridized carbons (Fsp3) is 0.500. The van der Waals surface area contributed by atoms with E-state index < -0.39 is 0 Å². The molecule has 1 fully saturated rings. The highest BCUT2D eigenvalue weighted by molar-refractivity contribution is 6.32. The molecule has 19 heavy (non-hydrogen) atoms. The Morgan fingerprint density at radius 2 is 2.11 bits per heavy atom. The lowest BCUT2D eigenvalue weighted by Gasteiger charge is -2.17. The van der Waals surface area contributed by atoms with Crippen LogP contribution in [0.5, 0.6) is 11.5 Å². The summed E-state index contributed by atoms with van der Waals surface area (Å²) in [5.74, 6) is 0.835. The summed E-state index contributed by atoms with van der Waals surface area (Å²) in [5.41, 5.74) is 5.83. The van der Waals surface area contributed by atoms with Crippen molar-refractivity contribution in [2.75, 3.05) is 13.7 Å². The second kappa shape index (κ2) is 6.26. The Morgan fingerprint density at radius 3 is 2.68 bits per heavy atom. The third-order valence-electron chi connectivity index (χ3n) is 3.32. The van der Waals surface area contributed by atoms with Crippen LogP contribution in [0.4, 0.5) is 0 Å². The molecule has 0 radical (unpaired) electrons. The highest BCUT2D eigenvalue weighted by Crippen LogP contribution is 2.38. The third kappa shape index (κ3) is 3.19. The zero-order chi connectivity index (χ0) is 13.8. The average Bonchev–Trinajstić information content (AvgIpc) is 2.90. The Labute approximate surface area is 117 Å². The summed E-state index contributed by atoms with van der Waals surface area (Å²) < 4.78 is 11.2. The molecule has 1 aliphatic rings. The first kappa shape index (κ1) is 14.2. The number of benzene rings is 1. The number of carbonyl (C=O) groups is 1. The molecule has 1 saturated carbocycles. The smallest absolute Gasteiger partial charge is 0.179 e. The summed E-state index contributed by atoms with van der Waals surface area (Å²) >= 11 is 6.12. The van der Waals surface area contributed by atoms with E-state index in [0.29, 0.717) is 22.1 Å². The number of halogens is 1. The lowest BCUT2D eigenvalue weighted by Crippen LogP contribution is -2.15. The zero-order valence-electron chi connectivity index (χ0n) is 10.9. The third-order valence-corrected chi connectivity index (χ3v) is 3.60. The van der Waals surface area contributed by atoms with Gasteiger partial charge in [-0.15, -0.1) is 0 Å². The van der Waals surface area contributed by atoms with E-state index in [9.17, 15) is 4.79 Å². The van der Waals surface area contributed by atoms with Crippen LogP contribution < -0.4 is 15.2 Å². The molecule has 4 nitrogen and oxygen atoms in total. The maximum Gasteiger partial charge on any atom is 0.179 e. The van der Waals surface area contributed by atoms with Crippen LogP contribution in [0.3, 0.4) is 0 Å². The normalized spacial score (nSPS) is 15.5. The second-order valence-electron chi connectivity index (χ2n) is 4.64. The molecule has 0 aromatic heterocycles. The van der Waals surface area contributed by atoms with Crippen LogP contribution in [0.25, 0.3) is 0 Å². The Bertz CT molecular complexity index is 470.